The summed E-state index contributed by atoms with van der Waals surface area (Å²) in [6.45, 7) is 6.74. The zero-order chi connectivity index (χ0) is 15.9. The number of guanidine groups is 1. The zero-order valence-corrected chi connectivity index (χ0v) is 13.5. The van der Waals surface area contributed by atoms with Crippen LogP contribution in [0, 0.1) is 6.92 Å². The van der Waals surface area contributed by atoms with Crippen molar-refractivity contribution >= 4 is 11.6 Å². The van der Waals surface area contributed by atoms with E-state index in [-0.39, 0.29) is 0 Å². The maximum atomic E-state index is 5.89. The molecule has 1 aromatic heterocycles. The van der Waals surface area contributed by atoms with E-state index < -0.39 is 0 Å². The van der Waals surface area contributed by atoms with Crippen LogP contribution < -0.4 is 11.1 Å². The van der Waals surface area contributed by atoms with E-state index in [1.807, 2.05) is 37.3 Å². The molecule has 0 unspecified atom stereocenters. The molecule has 5 heteroatoms. The van der Waals surface area contributed by atoms with E-state index >= 15 is 0 Å². The summed E-state index contributed by atoms with van der Waals surface area (Å²) in [5.41, 5.74) is 9.01. The molecule has 0 fully saturated rings. The summed E-state index contributed by atoms with van der Waals surface area (Å²) in [7, 11) is 0. The number of benzene rings is 1. The summed E-state index contributed by atoms with van der Waals surface area (Å²) in [6, 6.07) is 9.96. The molecule has 5 nitrogen and oxygen atoms in total. The number of nitrogens with zero attached hydrogens (tertiary/aromatic N) is 2. The van der Waals surface area contributed by atoms with Crippen LogP contribution in [0.15, 0.2) is 39.8 Å². The summed E-state index contributed by atoms with van der Waals surface area (Å²) < 4.78 is 5.33. The fourth-order valence-electron chi connectivity index (χ4n) is 2.29. The Morgan fingerprint density at radius 1 is 1.27 bits per heavy atom. The lowest BCUT2D eigenvalue weighted by molar-refractivity contribution is 0.372. The van der Waals surface area contributed by atoms with Crippen molar-refractivity contribution in [1.82, 2.24) is 5.16 Å². The molecule has 118 valence electrons. The normalized spacial score (nSPS) is 11.9. The minimum Gasteiger partial charge on any atom is -0.370 e. The average molecular weight is 300 g/mol. The van der Waals surface area contributed by atoms with Gasteiger partial charge in [0.2, 0.25) is 0 Å². The highest BCUT2D eigenvalue weighted by atomic mass is 16.5. The molecule has 0 saturated carbocycles. The van der Waals surface area contributed by atoms with Crippen molar-refractivity contribution in [3.63, 3.8) is 0 Å². The maximum absolute atomic E-state index is 5.89. The van der Waals surface area contributed by atoms with Crippen LogP contribution >= 0.6 is 0 Å². The SMILES string of the molecule is CCC(CC)c1cc(CN=C(N)Nc2ccc(C)cc2)on1. The van der Waals surface area contributed by atoms with Crippen molar-refractivity contribution in [3.8, 4) is 0 Å². The lowest BCUT2D eigenvalue weighted by atomic mass is 9.99. The molecule has 3 N–H and O–H groups in total. The second-order valence-electron chi connectivity index (χ2n) is 5.42. The molecule has 1 heterocycles. The van der Waals surface area contributed by atoms with Gasteiger partial charge in [-0.3, -0.25) is 0 Å². The van der Waals surface area contributed by atoms with E-state index in [0.717, 1.165) is 30.0 Å². The third-order valence-corrected chi connectivity index (χ3v) is 3.71. The van der Waals surface area contributed by atoms with Crippen LogP contribution in [-0.2, 0) is 6.54 Å². The fraction of sp³-hybridized carbons (Fsp3) is 0.412. The predicted molar refractivity (Wildman–Crippen MR) is 90.0 cm³/mol. The van der Waals surface area contributed by atoms with E-state index in [4.69, 9.17) is 10.3 Å². The van der Waals surface area contributed by atoms with Gasteiger partial charge in [0, 0.05) is 17.7 Å². The van der Waals surface area contributed by atoms with Crippen LogP contribution in [0.3, 0.4) is 0 Å². The zero-order valence-electron chi connectivity index (χ0n) is 13.5. The van der Waals surface area contributed by atoms with Crippen LogP contribution in [0.25, 0.3) is 0 Å². The minimum atomic E-state index is 0.365. The number of aliphatic imine (C=N–C) groups is 1. The van der Waals surface area contributed by atoms with Gasteiger partial charge >= 0.3 is 0 Å². The molecule has 0 saturated heterocycles. The minimum absolute atomic E-state index is 0.365. The first-order valence-electron chi connectivity index (χ1n) is 7.71. The van der Waals surface area contributed by atoms with Gasteiger partial charge < -0.3 is 15.6 Å². The predicted octanol–water partition coefficient (Wildman–Crippen LogP) is 3.81. The Hall–Kier alpha value is -2.30. The number of aryl methyl sites for hydroxylation is 1. The quantitative estimate of drug-likeness (QED) is 0.628. The largest absolute Gasteiger partial charge is 0.370 e. The number of nitrogens with one attached hydrogen (secondary N) is 1. The molecule has 0 amide bonds. The molecular formula is C17H24N4O. The maximum Gasteiger partial charge on any atom is 0.193 e. The van der Waals surface area contributed by atoms with Crippen LogP contribution in [-0.4, -0.2) is 11.1 Å². The fourth-order valence-corrected chi connectivity index (χ4v) is 2.29. The Morgan fingerprint density at radius 2 is 1.95 bits per heavy atom. The second kappa shape index (κ2) is 7.64. The highest BCUT2D eigenvalue weighted by Crippen LogP contribution is 2.22. The van der Waals surface area contributed by atoms with E-state index in [9.17, 15) is 0 Å². The number of aromatic nitrogens is 1. The Labute approximate surface area is 131 Å². The Kier molecular flexibility index (Phi) is 5.58. The van der Waals surface area contributed by atoms with Gasteiger partial charge in [-0.05, 0) is 31.9 Å². The number of anilines is 1. The van der Waals surface area contributed by atoms with Gasteiger partial charge in [0.05, 0.1) is 5.69 Å². The lowest BCUT2D eigenvalue weighted by Crippen LogP contribution is -2.22. The van der Waals surface area contributed by atoms with Crippen molar-refractivity contribution in [2.24, 2.45) is 10.7 Å². The summed E-state index contributed by atoms with van der Waals surface area (Å²) in [4.78, 5) is 4.29. The summed E-state index contributed by atoms with van der Waals surface area (Å²) in [5, 5.41) is 7.18. The van der Waals surface area contributed by atoms with Gasteiger partial charge in [-0.25, -0.2) is 4.99 Å². The summed E-state index contributed by atoms with van der Waals surface area (Å²) in [6.07, 6.45) is 2.12. The molecule has 0 atom stereocenters. The third-order valence-electron chi connectivity index (χ3n) is 3.71. The van der Waals surface area contributed by atoms with E-state index in [2.05, 4.69) is 29.3 Å². The van der Waals surface area contributed by atoms with Crippen molar-refractivity contribution in [2.75, 3.05) is 5.32 Å². The first kappa shape index (κ1) is 16.1. The van der Waals surface area contributed by atoms with Crippen LogP contribution in [0.5, 0.6) is 0 Å². The van der Waals surface area contributed by atoms with E-state index in [0.29, 0.717) is 18.4 Å². The highest BCUT2D eigenvalue weighted by Gasteiger charge is 2.12. The molecule has 0 radical (unpaired) electrons. The van der Waals surface area contributed by atoms with Crippen LogP contribution in [0.2, 0.25) is 0 Å². The van der Waals surface area contributed by atoms with Crippen LogP contribution in [0.1, 0.15) is 49.6 Å². The molecule has 0 spiro atoms. The van der Waals surface area contributed by atoms with E-state index in [1.165, 1.54) is 5.56 Å². The number of nitrogens with two attached hydrogens (primary N) is 1. The molecule has 22 heavy (non-hydrogen) atoms. The van der Waals surface area contributed by atoms with Gasteiger partial charge in [0.1, 0.15) is 6.54 Å². The average Bonchev–Trinajstić information content (AvgIpc) is 2.98. The van der Waals surface area contributed by atoms with Crippen molar-refractivity contribution < 1.29 is 4.52 Å². The topological polar surface area (TPSA) is 76.4 Å². The molecule has 2 aromatic rings. The van der Waals surface area contributed by atoms with Gasteiger partial charge in [-0.15, -0.1) is 0 Å². The van der Waals surface area contributed by atoms with Gasteiger partial charge in [-0.1, -0.05) is 36.7 Å². The smallest absolute Gasteiger partial charge is 0.193 e. The number of hydrogen-bond donors (Lipinski definition) is 2. The monoisotopic (exact) mass is 300 g/mol. The Morgan fingerprint density at radius 3 is 2.59 bits per heavy atom. The Bertz CT molecular complexity index is 612. The lowest BCUT2D eigenvalue weighted by Gasteiger charge is -2.06. The van der Waals surface area contributed by atoms with Gasteiger partial charge in [-0.2, -0.15) is 0 Å². The first-order valence-corrected chi connectivity index (χ1v) is 7.71. The second-order valence-corrected chi connectivity index (χ2v) is 5.42. The van der Waals surface area contributed by atoms with Crippen molar-refractivity contribution in [2.45, 2.75) is 46.1 Å². The molecule has 1 aromatic carbocycles. The number of rotatable bonds is 6. The molecular weight excluding hydrogens is 276 g/mol. The molecule has 0 aliphatic carbocycles. The molecule has 2 rings (SSSR count). The van der Waals surface area contributed by atoms with Gasteiger partial charge in [0.25, 0.3) is 0 Å². The molecule has 0 aliphatic heterocycles. The summed E-state index contributed by atoms with van der Waals surface area (Å²) >= 11 is 0. The van der Waals surface area contributed by atoms with Crippen molar-refractivity contribution in [3.05, 3.63) is 47.3 Å². The third kappa shape index (κ3) is 4.35. The number of hydrogen-bond acceptors (Lipinski definition) is 3. The van der Waals surface area contributed by atoms with E-state index in [1.54, 1.807) is 0 Å². The molecule has 0 bridgehead atoms. The summed E-state index contributed by atoms with van der Waals surface area (Å²) in [5.74, 6) is 1.55. The van der Waals surface area contributed by atoms with Gasteiger partial charge in [0.15, 0.2) is 11.7 Å². The van der Waals surface area contributed by atoms with Crippen LogP contribution in [0.4, 0.5) is 5.69 Å². The molecule has 0 aliphatic rings. The first-order chi connectivity index (χ1) is 10.6. The highest BCUT2D eigenvalue weighted by molar-refractivity contribution is 5.92. The Balaban J connectivity index is 1.94. The van der Waals surface area contributed by atoms with Crippen molar-refractivity contribution in [1.29, 1.82) is 0 Å². The standard InChI is InChI=1S/C17H24N4O/c1-4-13(5-2)16-10-15(22-21-16)11-19-17(18)20-14-8-6-12(3)7-9-14/h6-10,13H,4-5,11H2,1-3H3,(H3,18,19,20).